The van der Waals surface area contributed by atoms with E-state index in [-0.39, 0.29) is 11.9 Å². The second-order valence-electron chi connectivity index (χ2n) is 6.50. The summed E-state index contributed by atoms with van der Waals surface area (Å²) in [5, 5.41) is 0.816. The number of morpholine rings is 1. The minimum absolute atomic E-state index is 0.238. The smallest absolute Gasteiger partial charge is 0.236 e. The lowest BCUT2D eigenvalue weighted by molar-refractivity contribution is -0.135. The van der Waals surface area contributed by atoms with Crippen LogP contribution in [0.3, 0.4) is 0 Å². The summed E-state index contributed by atoms with van der Waals surface area (Å²) < 4.78 is 5.33. The molecule has 24 heavy (non-hydrogen) atoms. The molecule has 0 bridgehead atoms. The van der Waals surface area contributed by atoms with E-state index in [4.69, 9.17) is 16.3 Å². The predicted molar refractivity (Wildman–Crippen MR) is 95.3 cm³/mol. The molecule has 1 amide bonds. The number of amides is 1. The van der Waals surface area contributed by atoms with Gasteiger partial charge in [0.05, 0.1) is 19.8 Å². The van der Waals surface area contributed by atoms with Crippen LogP contribution in [0, 0.1) is 0 Å². The molecule has 0 spiro atoms. The molecule has 2 aliphatic rings. The number of ether oxygens (including phenoxy) is 1. The van der Waals surface area contributed by atoms with Crippen molar-refractivity contribution in [3.63, 3.8) is 0 Å². The third-order valence-electron chi connectivity index (χ3n) is 5.03. The standard InChI is InChI=1S/C18H26ClN3O2/c1-15(16-4-2-3-5-17(16)19)21-6-8-22(9-7-21)18(23)14-20-10-12-24-13-11-20/h2-5,15H,6-14H2,1H3. The van der Waals surface area contributed by atoms with E-state index >= 15 is 0 Å². The van der Waals surface area contributed by atoms with Gasteiger partial charge in [-0.2, -0.15) is 0 Å². The van der Waals surface area contributed by atoms with Crippen LogP contribution in [0.25, 0.3) is 0 Å². The third-order valence-corrected chi connectivity index (χ3v) is 5.38. The molecular weight excluding hydrogens is 326 g/mol. The average Bonchev–Trinajstić information content (AvgIpc) is 2.62. The van der Waals surface area contributed by atoms with Crippen molar-refractivity contribution in [2.75, 3.05) is 59.0 Å². The summed E-state index contributed by atoms with van der Waals surface area (Å²) in [6.45, 7) is 9.24. The second kappa shape index (κ2) is 8.30. The van der Waals surface area contributed by atoms with Crippen LogP contribution in [0.5, 0.6) is 0 Å². The Morgan fingerprint density at radius 2 is 1.79 bits per heavy atom. The molecule has 0 aromatic heterocycles. The molecule has 2 fully saturated rings. The largest absolute Gasteiger partial charge is 0.379 e. The minimum atomic E-state index is 0.238. The third kappa shape index (κ3) is 4.28. The highest BCUT2D eigenvalue weighted by molar-refractivity contribution is 6.31. The molecule has 132 valence electrons. The number of hydrogen-bond acceptors (Lipinski definition) is 4. The molecule has 0 aliphatic carbocycles. The highest BCUT2D eigenvalue weighted by Gasteiger charge is 2.26. The van der Waals surface area contributed by atoms with Crippen LogP contribution in [-0.4, -0.2) is 79.6 Å². The summed E-state index contributed by atoms with van der Waals surface area (Å²) in [5.74, 6) is 0.238. The van der Waals surface area contributed by atoms with Crippen molar-refractivity contribution in [2.45, 2.75) is 13.0 Å². The quantitative estimate of drug-likeness (QED) is 0.830. The van der Waals surface area contributed by atoms with Gasteiger partial charge in [-0.1, -0.05) is 29.8 Å². The fourth-order valence-corrected chi connectivity index (χ4v) is 3.71. The highest BCUT2D eigenvalue weighted by Crippen LogP contribution is 2.27. The van der Waals surface area contributed by atoms with Crippen molar-refractivity contribution in [1.82, 2.24) is 14.7 Å². The number of piperazine rings is 1. The molecule has 0 saturated carbocycles. The van der Waals surface area contributed by atoms with Gasteiger partial charge < -0.3 is 9.64 Å². The van der Waals surface area contributed by atoms with Crippen molar-refractivity contribution in [2.24, 2.45) is 0 Å². The van der Waals surface area contributed by atoms with Gasteiger partial charge in [-0.3, -0.25) is 14.6 Å². The van der Waals surface area contributed by atoms with Gasteiger partial charge in [-0.25, -0.2) is 0 Å². The SMILES string of the molecule is CC(c1ccccc1Cl)N1CCN(C(=O)CN2CCOCC2)CC1. The number of rotatable bonds is 4. The monoisotopic (exact) mass is 351 g/mol. The Balaban J connectivity index is 1.50. The van der Waals surface area contributed by atoms with Gasteiger partial charge in [0.2, 0.25) is 5.91 Å². The second-order valence-corrected chi connectivity index (χ2v) is 6.91. The van der Waals surface area contributed by atoms with Gasteiger partial charge in [0, 0.05) is 50.3 Å². The first-order valence-electron chi connectivity index (χ1n) is 8.71. The van der Waals surface area contributed by atoms with E-state index < -0.39 is 0 Å². The molecule has 2 aliphatic heterocycles. The Kier molecular flexibility index (Phi) is 6.11. The van der Waals surface area contributed by atoms with Crippen molar-refractivity contribution >= 4 is 17.5 Å². The van der Waals surface area contributed by atoms with Gasteiger partial charge in [-0.05, 0) is 18.6 Å². The zero-order valence-electron chi connectivity index (χ0n) is 14.3. The molecule has 2 saturated heterocycles. The first-order valence-corrected chi connectivity index (χ1v) is 9.09. The van der Waals surface area contributed by atoms with E-state index in [9.17, 15) is 4.79 Å². The number of carbonyl (C=O) groups is 1. The van der Waals surface area contributed by atoms with Gasteiger partial charge >= 0.3 is 0 Å². The summed E-state index contributed by atoms with van der Waals surface area (Å²) in [5.41, 5.74) is 1.16. The molecule has 6 heteroatoms. The first-order chi connectivity index (χ1) is 11.6. The van der Waals surface area contributed by atoms with Crippen LogP contribution >= 0.6 is 11.6 Å². The predicted octanol–water partition coefficient (Wildman–Crippen LogP) is 1.88. The summed E-state index contributed by atoms with van der Waals surface area (Å²) in [6.07, 6.45) is 0. The summed E-state index contributed by atoms with van der Waals surface area (Å²) in [4.78, 5) is 19.0. The number of nitrogens with zero attached hydrogens (tertiary/aromatic N) is 3. The van der Waals surface area contributed by atoms with Crippen LogP contribution in [0.15, 0.2) is 24.3 Å². The van der Waals surface area contributed by atoms with E-state index in [2.05, 4.69) is 22.8 Å². The number of benzene rings is 1. The number of carbonyl (C=O) groups excluding carboxylic acids is 1. The van der Waals surface area contributed by atoms with E-state index in [0.29, 0.717) is 6.54 Å². The van der Waals surface area contributed by atoms with Crippen molar-refractivity contribution in [3.05, 3.63) is 34.9 Å². The summed E-state index contributed by atoms with van der Waals surface area (Å²) in [6, 6.07) is 8.29. The lowest BCUT2D eigenvalue weighted by atomic mass is 10.1. The van der Waals surface area contributed by atoms with E-state index in [1.165, 1.54) is 0 Å². The number of hydrogen-bond donors (Lipinski definition) is 0. The van der Waals surface area contributed by atoms with Gasteiger partial charge in [0.15, 0.2) is 0 Å². The molecule has 1 aromatic carbocycles. The van der Waals surface area contributed by atoms with Crippen molar-refractivity contribution < 1.29 is 9.53 Å². The van der Waals surface area contributed by atoms with Crippen LogP contribution in [0.4, 0.5) is 0 Å². The molecule has 1 unspecified atom stereocenters. The van der Waals surface area contributed by atoms with Crippen molar-refractivity contribution in [3.8, 4) is 0 Å². The molecule has 0 N–H and O–H groups in total. The normalized spacial score (nSPS) is 21.7. The highest BCUT2D eigenvalue weighted by atomic mass is 35.5. The maximum absolute atomic E-state index is 12.5. The van der Waals surface area contributed by atoms with Crippen LogP contribution in [0.1, 0.15) is 18.5 Å². The minimum Gasteiger partial charge on any atom is -0.379 e. The molecule has 0 radical (unpaired) electrons. The Labute approximate surface area is 149 Å². The first kappa shape index (κ1) is 17.7. The summed E-state index contributed by atoms with van der Waals surface area (Å²) >= 11 is 6.32. The van der Waals surface area contributed by atoms with E-state index in [1.807, 2.05) is 23.1 Å². The maximum atomic E-state index is 12.5. The van der Waals surface area contributed by atoms with Crippen LogP contribution < -0.4 is 0 Å². The zero-order valence-corrected chi connectivity index (χ0v) is 15.0. The average molecular weight is 352 g/mol. The van der Waals surface area contributed by atoms with Crippen molar-refractivity contribution in [1.29, 1.82) is 0 Å². The lowest BCUT2D eigenvalue weighted by Gasteiger charge is -2.39. The Morgan fingerprint density at radius 1 is 1.12 bits per heavy atom. The summed E-state index contributed by atoms with van der Waals surface area (Å²) in [7, 11) is 0. The molecule has 1 atom stereocenters. The maximum Gasteiger partial charge on any atom is 0.236 e. The zero-order chi connectivity index (χ0) is 16.9. The van der Waals surface area contributed by atoms with Crippen LogP contribution in [-0.2, 0) is 9.53 Å². The van der Waals surface area contributed by atoms with E-state index in [1.54, 1.807) is 0 Å². The Bertz CT molecular complexity index is 555. The number of halogens is 1. The fourth-order valence-electron chi connectivity index (χ4n) is 3.42. The molecular formula is C18H26ClN3O2. The fraction of sp³-hybridized carbons (Fsp3) is 0.611. The van der Waals surface area contributed by atoms with Gasteiger partial charge in [-0.15, -0.1) is 0 Å². The topological polar surface area (TPSA) is 36.0 Å². The lowest BCUT2D eigenvalue weighted by Crippen LogP contribution is -2.52. The van der Waals surface area contributed by atoms with Gasteiger partial charge in [0.25, 0.3) is 0 Å². The Hall–Kier alpha value is -1.14. The molecule has 3 rings (SSSR count). The molecule has 1 aromatic rings. The molecule has 2 heterocycles. The van der Waals surface area contributed by atoms with E-state index in [0.717, 1.165) is 63.1 Å². The van der Waals surface area contributed by atoms with Gasteiger partial charge in [0.1, 0.15) is 0 Å². The van der Waals surface area contributed by atoms with Crippen LogP contribution in [0.2, 0.25) is 5.02 Å². The molecule has 5 nitrogen and oxygen atoms in total. The Morgan fingerprint density at radius 3 is 2.46 bits per heavy atom.